The molecule has 2 aliphatic rings. The van der Waals surface area contributed by atoms with Gasteiger partial charge in [-0.25, -0.2) is 0 Å². The Morgan fingerprint density at radius 1 is 0.485 bits per heavy atom. The first-order chi connectivity index (χ1) is 32.0. The quantitative estimate of drug-likeness (QED) is 0.0188. The van der Waals surface area contributed by atoms with E-state index >= 15 is 0 Å². The number of carbonyl (C=O) groups is 2. The SMILES string of the molecule is CCCCC/C=C/C/C=C/CCCCCCCC(=O)OC[C@H](CO[C@@H]1O[C@H](CO[C@@H]2O[C@H](CO)[C@H](O)C(O)C2O)[C@H](O)C(O)C1O)OC(=O)CC/C=C/CCCCCCCCCCCCC. The highest BCUT2D eigenvalue weighted by Crippen LogP contribution is 2.26. The molecule has 11 atom stereocenters. The second-order valence-electron chi connectivity index (χ2n) is 18.0. The summed E-state index contributed by atoms with van der Waals surface area (Å²) < 4.78 is 33.5. The molecule has 384 valence electrons. The largest absolute Gasteiger partial charge is 0.462 e. The molecule has 2 fully saturated rings. The summed E-state index contributed by atoms with van der Waals surface area (Å²) >= 11 is 0. The molecule has 0 spiro atoms. The van der Waals surface area contributed by atoms with Gasteiger partial charge in [0.1, 0.15) is 55.4 Å². The lowest BCUT2D eigenvalue weighted by Gasteiger charge is -2.42. The zero-order valence-corrected chi connectivity index (χ0v) is 40.4. The molecular weight excluding hydrogens is 853 g/mol. The monoisotopic (exact) mass is 943 g/mol. The Bertz CT molecular complexity index is 1290. The van der Waals surface area contributed by atoms with E-state index < -0.39 is 99.3 Å². The topological polar surface area (TPSA) is 231 Å². The van der Waals surface area contributed by atoms with E-state index in [1.54, 1.807) is 0 Å². The molecule has 15 heteroatoms. The molecule has 2 aliphatic heterocycles. The van der Waals surface area contributed by atoms with Crippen molar-refractivity contribution in [3.05, 3.63) is 36.5 Å². The highest BCUT2D eigenvalue weighted by atomic mass is 16.7. The normalized spacial score (nSPS) is 26.4. The van der Waals surface area contributed by atoms with Crippen LogP contribution in [0.15, 0.2) is 36.5 Å². The molecule has 0 amide bonds. The number of ether oxygens (including phenoxy) is 6. The van der Waals surface area contributed by atoms with Crippen molar-refractivity contribution in [2.24, 2.45) is 0 Å². The first kappa shape index (κ1) is 59.8. The van der Waals surface area contributed by atoms with Crippen LogP contribution < -0.4 is 0 Å². The van der Waals surface area contributed by atoms with E-state index in [9.17, 15) is 45.3 Å². The number of hydrogen-bond acceptors (Lipinski definition) is 15. The molecule has 0 radical (unpaired) electrons. The van der Waals surface area contributed by atoms with Crippen molar-refractivity contribution in [3.63, 3.8) is 0 Å². The summed E-state index contributed by atoms with van der Waals surface area (Å²) in [5.74, 6) is -0.996. The fourth-order valence-corrected chi connectivity index (χ4v) is 7.85. The average molecular weight is 943 g/mol. The maximum atomic E-state index is 13.0. The smallest absolute Gasteiger partial charge is 0.306 e. The van der Waals surface area contributed by atoms with Gasteiger partial charge in [0, 0.05) is 12.8 Å². The van der Waals surface area contributed by atoms with Gasteiger partial charge < -0.3 is 64.2 Å². The Labute approximate surface area is 395 Å². The molecule has 0 aromatic carbocycles. The van der Waals surface area contributed by atoms with Gasteiger partial charge in [0.15, 0.2) is 18.7 Å². The number of aliphatic hydroxyl groups excluding tert-OH is 7. The third-order valence-electron chi connectivity index (χ3n) is 12.1. The van der Waals surface area contributed by atoms with Crippen molar-refractivity contribution in [3.8, 4) is 0 Å². The van der Waals surface area contributed by atoms with Crippen LogP contribution in [0.4, 0.5) is 0 Å². The first-order valence-corrected chi connectivity index (χ1v) is 25.6. The average Bonchev–Trinajstić information content (AvgIpc) is 3.31. The van der Waals surface area contributed by atoms with Crippen LogP contribution in [-0.4, -0.2) is 142 Å². The maximum absolute atomic E-state index is 13.0. The molecule has 4 unspecified atom stereocenters. The third kappa shape index (κ3) is 26.5. The Morgan fingerprint density at radius 3 is 1.52 bits per heavy atom. The molecule has 0 aromatic rings. The molecule has 15 nitrogen and oxygen atoms in total. The Kier molecular flexibility index (Phi) is 35.0. The van der Waals surface area contributed by atoms with Crippen LogP contribution in [0.5, 0.6) is 0 Å². The minimum atomic E-state index is -1.77. The van der Waals surface area contributed by atoms with Crippen molar-refractivity contribution in [2.75, 3.05) is 26.4 Å². The lowest BCUT2D eigenvalue weighted by atomic mass is 9.98. The highest BCUT2D eigenvalue weighted by molar-refractivity contribution is 5.70. The van der Waals surface area contributed by atoms with E-state index in [4.69, 9.17) is 28.4 Å². The van der Waals surface area contributed by atoms with Crippen molar-refractivity contribution in [1.29, 1.82) is 0 Å². The molecule has 0 aliphatic carbocycles. The van der Waals surface area contributed by atoms with Crippen LogP contribution >= 0.6 is 0 Å². The van der Waals surface area contributed by atoms with Crippen LogP contribution in [0.25, 0.3) is 0 Å². The van der Waals surface area contributed by atoms with Crippen LogP contribution in [-0.2, 0) is 38.0 Å². The van der Waals surface area contributed by atoms with Gasteiger partial charge in [-0.05, 0) is 57.8 Å². The molecule has 66 heavy (non-hydrogen) atoms. The Balaban J connectivity index is 1.83. The molecule has 2 rings (SSSR count). The van der Waals surface area contributed by atoms with Crippen molar-refractivity contribution < 1.29 is 73.8 Å². The van der Waals surface area contributed by atoms with Crippen LogP contribution in [0.2, 0.25) is 0 Å². The van der Waals surface area contributed by atoms with E-state index in [1.165, 1.54) is 83.5 Å². The summed E-state index contributed by atoms with van der Waals surface area (Å²) in [6.45, 7) is 2.51. The summed E-state index contributed by atoms with van der Waals surface area (Å²) in [6, 6.07) is 0. The summed E-state index contributed by atoms with van der Waals surface area (Å²) in [6.07, 6.45) is 23.3. The zero-order chi connectivity index (χ0) is 48.2. The van der Waals surface area contributed by atoms with Gasteiger partial charge in [-0.2, -0.15) is 0 Å². The number of hydrogen-bond donors (Lipinski definition) is 7. The molecule has 2 saturated heterocycles. The highest BCUT2D eigenvalue weighted by Gasteiger charge is 2.47. The maximum Gasteiger partial charge on any atom is 0.306 e. The van der Waals surface area contributed by atoms with E-state index in [0.717, 1.165) is 57.8 Å². The van der Waals surface area contributed by atoms with Gasteiger partial charge in [-0.15, -0.1) is 0 Å². The van der Waals surface area contributed by atoms with Gasteiger partial charge in [0.25, 0.3) is 0 Å². The number of carbonyl (C=O) groups excluding carboxylic acids is 2. The van der Waals surface area contributed by atoms with Crippen LogP contribution in [0.1, 0.15) is 181 Å². The lowest BCUT2D eigenvalue weighted by Crippen LogP contribution is -2.61. The number of rotatable bonds is 39. The fraction of sp³-hybridized carbons (Fsp3) is 0.843. The number of allylic oxidation sites excluding steroid dienone is 6. The minimum Gasteiger partial charge on any atom is -0.462 e. The third-order valence-corrected chi connectivity index (χ3v) is 12.1. The predicted molar refractivity (Wildman–Crippen MR) is 252 cm³/mol. The van der Waals surface area contributed by atoms with Crippen molar-refractivity contribution in [1.82, 2.24) is 0 Å². The molecule has 0 bridgehead atoms. The van der Waals surface area contributed by atoms with Crippen LogP contribution in [0, 0.1) is 0 Å². The Hall–Kier alpha value is -2.28. The molecule has 0 aromatic heterocycles. The zero-order valence-electron chi connectivity index (χ0n) is 40.4. The number of esters is 2. The number of unbranched alkanes of at least 4 members (excludes halogenated alkanes) is 19. The predicted octanol–water partition coefficient (Wildman–Crippen LogP) is 6.93. The van der Waals surface area contributed by atoms with Gasteiger partial charge in [-0.1, -0.05) is 147 Å². The van der Waals surface area contributed by atoms with E-state index in [0.29, 0.717) is 12.8 Å². The van der Waals surface area contributed by atoms with Gasteiger partial charge in [0.2, 0.25) is 0 Å². The second kappa shape index (κ2) is 38.6. The van der Waals surface area contributed by atoms with E-state index in [2.05, 4.69) is 44.2 Å². The molecule has 7 N–H and O–H groups in total. The van der Waals surface area contributed by atoms with Gasteiger partial charge in [-0.3, -0.25) is 9.59 Å². The standard InChI is InChI=1S/C51H90O15/c1-3-5-7-9-11-13-15-17-19-21-23-25-27-29-31-33-42(53)61-36-39(64-43(54)34-32-30-28-26-24-22-20-18-16-14-12-10-8-6-4-2)37-62-50-49(60)47(58)45(56)41(66-50)38-63-51-48(59)46(57)44(55)40(35-52)65-51/h11,13,17,19,28,30,39-41,44-52,55-60H,3-10,12,14-16,18,20-27,29,31-38H2,1-2H3/b13-11+,19-17+,30-28+/t39-,40-,41-,44+,45+,46?,47?,48?,49?,50-,51-/m1/s1. The molecular formula is C51H90O15. The summed E-state index contributed by atoms with van der Waals surface area (Å²) in [5.41, 5.74) is 0. The number of aliphatic hydroxyl groups is 7. The van der Waals surface area contributed by atoms with Gasteiger partial charge in [0.05, 0.1) is 19.8 Å². The fourth-order valence-electron chi connectivity index (χ4n) is 7.85. The summed E-state index contributed by atoms with van der Waals surface area (Å²) in [4.78, 5) is 25.7. The van der Waals surface area contributed by atoms with Crippen LogP contribution in [0.3, 0.4) is 0 Å². The van der Waals surface area contributed by atoms with Crippen molar-refractivity contribution >= 4 is 11.9 Å². The van der Waals surface area contributed by atoms with Gasteiger partial charge >= 0.3 is 11.9 Å². The lowest BCUT2D eigenvalue weighted by molar-refractivity contribution is -0.332. The first-order valence-electron chi connectivity index (χ1n) is 25.6. The molecule has 2 heterocycles. The van der Waals surface area contributed by atoms with E-state index in [-0.39, 0.29) is 19.4 Å². The van der Waals surface area contributed by atoms with Crippen molar-refractivity contribution in [2.45, 2.75) is 248 Å². The summed E-state index contributed by atoms with van der Waals surface area (Å²) in [7, 11) is 0. The second-order valence-corrected chi connectivity index (χ2v) is 18.0. The van der Waals surface area contributed by atoms with E-state index in [1.807, 2.05) is 6.08 Å². The molecule has 0 saturated carbocycles. The Morgan fingerprint density at radius 2 is 0.939 bits per heavy atom. The summed E-state index contributed by atoms with van der Waals surface area (Å²) in [5, 5.41) is 72.0. The minimum absolute atomic E-state index is 0.0794.